The van der Waals surface area contributed by atoms with Crippen molar-refractivity contribution in [1.29, 1.82) is 0 Å². The molecule has 4 nitrogen and oxygen atoms in total. The molecule has 2 aliphatic rings. The molecule has 0 aliphatic carbocycles. The Hall–Kier alpha value is -0.790. The van der Waals surface area contributed by atoms with Gasteiger partial charge in [0, 0.05) is 12.5 Å². The molecular weight excluding hydrogens is 329 g/mol. The van der Waals surface area contributed by atoms with Gasteiger partial charge in [-0.1, -0.05) is 0 Å². The number of hydrogen-bond donors (Lipinski definition) is 2. The van der Waals surface area contributed by atoms with Crippen molar-refractivity contribution in [2.45, 2.75) is 37.8 Å². The van der Waals surface area contributed by atoms with Gasteiger partial charge in [-0.2, -0.15) is 13.2 Å². The molecule has 132 valence electrons. The monoisotopic (exact) mass is 352 g/mol. The van der Waals surface area contributed by atoms with Gasteiger partial charge in [0.1, 0.15) is 11.5 Å². The lowest BCUT2D eigenvalue weighted by atomic mass is 9.93. The minimum absolute atomic E-state index is 0. The van der Waals surface area contributed by atoms with Crippen LogP contribution >= 0.6 is 12.4 Å². The van der Waals surface area contributed by atoms with Crippen molar-refractivity contribution in [3.8, 4) is 0 Å². The predicted octanol–water partition coefficient (Wildman–Crippen LogP) is 3.03. The highest BCUT2D eigenvalue weighted by Crippen LogP contribution is 2.31. The Morgan fingerprint density at radius 2 is 1.78 bits per heavy atom. The van der Waals surface area contributed by atoms with E-state index >= 15 is 0 Å². The minimum atomic E-state index is -4.33. The van der Waals surface area contributed by atoms with Crippen LogP contribution in [0.1, 0.15) is 43.1 Å². The van der Waals surface area contributed by atoms with E-state index in [4.69, 9.17) is 0 Å². The highest BCUT2D eigenvalue weighted by molar-refractivity contribution is 5.85. The largest absolute Gasteiger partial charge is 0.432 e. The van der Waals surface area contributed by atoms with Gasteiger partial charge in [0.15, 0.2) is 0 Å². The van der Waals surface area contributed by atoms with E-state index < -0.39 is 11.9 Å². The number of alkyl halides is 3. The number of aromatic amines is 1. The van der Waals surface area contributed by atoms with Crippen molar-refractivity contribution < 1.29 is 13.2 Å². The lowest BCUT2D eigenvalue weighted by Crippen LogP contribution is -2.40. The standard InChI is InChI=1S/C15H23F3N4.ClH/c16-15(17,18)13-9-20-14(21-13)12-3-7-22(8-4-12)10-11-1-5-19-6-2-11;/h9,11-12,19H,1-8,10H2,(H,20,21);1H. The van der Waals surface area contributed by atoms with Gasteiger partial charge in [0.2, 0.25) is 0 Å². The van der Waals surface area contributed by atoms with Crippen LogP contribution in [0.5, 0.6) is 0 Å². The van der Waals surface area contributed by atoms with Crippen LogP contribution < -0.4 is 5.32 Å². The number of likely N-dealkylation sites (tertiary alicyclic amines) is 1. The third-order valence-corrected chi connectivity index (χ3v) is 4.85. The van der Waals surface area contributed by atoms with E-state index in [1.165, 1.54) is 12.8 Å². The molecule has 23 heavy (non-hydrogen) atoms. The maximum absolute atomic E-state index is 12.6. The summed E-state index contributed by atoms with van der Waals surface area (Å²) in [4.78, 5) is 8.86. The van der Waals surface area contributed by atoms with Crippen LogP contribution in [0.3, 0.4) is 0 Å². The first-order valence-corrected chi connectivity index (χ1v) is 8.07. The van der Waals surface area contributed by atoms with Crippen LogP contribution in [-0.2, 0) is 6.18 Å². The van der Waals surface area contributed by atoms with Crippen molar-refractivity contribution in [2.75, 3.05) is 32.7 Å². The Bertz CT molecular complexity index is 477. The summed E-state index contributed by atoms with van der Waals surface area (Å²) >= 11 is 0. The topological polar surface area (TPSA) is 44.0 Å². The minimum Gasteiger partial charge on any atom is -0.338 e. The van der Waals surface area contributed by atoms with E-state index in [1.807, 2.05) is 0 Å². The number of piperidine rings is 2. The summed E-state index contributed by atoms with van der Waals surface area (Å²) < 4.78 is 37.8. The van der Waals surface area contributed by atoms with E-state index in [1.54, 1.807) is 0 Å². The number of nitrogens with one attached hydrogen (secondary N) is 2. The fraction of sp³-hybridized carbons (Fsp3) is 0.800. The van der Waals surface area contributed by atoms with Crippen LogP contribution in [0, 0.1) is 5.92 Å². The summed E-state index contributed by atoms with van der Waals surface area (Å²) in [5.41, 5.74) is -0.736. The molecule has 8 heteroatoms. The number of aromatic nitrogens is 2. The van der Waals surface area contributed by atoms with Crippen molar-refractivity contribution >= 4 is 12.4 Å². The van der Waals surface area contributed by atoms with Gasteiger partial charge in [0.05, 0.1) is 6.20 Å². The van der Waals surface area contributed by atoms with Crippen LogP contribution in [-0.4, -0.2) is 47.6 Å². The molecule has 0 aromatic carbocycles. The molecule has 2 N–H and O–H groups in total. The van der Waals surface area contributed by atoms with E-state index in [9.17, 15) is 13.2 Å². The summed E-state index contributed by atoms with van der Waals surface area (Å²) in [7, 11) is 0. The molecule has 3 rings (SSSR count). The zero-order valence-corrected chi connectivity index (χ0v) is 13.8. The molecular formula is C15H24ClF3N4. The zero-order chi connectivity index (χ0) is 15.6. The van der Waals surface area contributed by atoms with Crippen molar-refractivity contribution in [2.24, 2.45) is 5.92 Å². The first-order valence-electron chi connectivity index (χ1n) is 8.07. The molecule has 1 aromatic rings. The number of halogens is 4. The predicted molar refractivity (Wildman–Crippen MR) is 84.8 cm³/mol. The number of nitrogens with zero attached hydrogens (tertiary/aromatic N) is 2. The second-order valence-corrected chi connectivity index (χ2v) is 6.45. The molecule has 0 bridgehead atoms. The van der Waals surface area contributed by atoms with E-state index in [-0.39, 0.29) is 18.3 Å². The number of hydrogen-bond acceptors (Lipinski definition) is 3. The van der Waals surface area contributed by atoms with Crippen LogP contribution in [0.4, 0.5) is 13.2 Å². The molecule has 0 spiro atoms. The molecule has 3 heterocycles. The zero-order valence-electron chi connectivity index (χ0n) is 13.0. The van der Waals surface area contributed by atoms with E-state index in [0.717, 1.165) is 57.7 Å². The lowest BCUT2D eigenvalue weighted by molar-refractivity contribution is -0.141. The lowest BCUT2D eigenvalue weighted by Gasteiger charge is -2.35. The van der Waals surface area contributed by atoms with Gasteiger partial charge in [0.25, 0.3) is 0 Å². The second kappa shape index (κ2) is 7.85. The molecule has 1 aromatic heterocycles. The second-order valence-electron chi connectivity index (χ2n) is 6.45. The van der Waals surface area contributed by atoms with Crippen molar-refractivity contribution in [3.63, 3.8) is 0 Å². The average molecular weight is 353 g/mol. The third kappa shape index (κ3) is 4.84. The Balaban J connectivity index is 0.00000192. The SMILES string of the molecule is Cl.FC(F)(F)c1cnc(C2CCN(CC3CCNCC3)CC2)[nH]1. The highest BCUT2D eigenvalue weighted by Gasteiger charge is 2.34. The Labute approximate surface area is 140 Å². The van der Waals surface area contributed by atoms with Gasteiger partial charge >= 0.3 is 6.18 Å². The fourth-order valence-electron chi connectivity index (χ4n) is 3.51. The quantitative estimate of drug-likeness (QED) is 0.878. The van der Waals surface area contributed by atoms with Gasteiger partial charge in [-0.3, -0.25) is 0 Å². The smallest absolute Gasteiger partial charge is 0.338 e. The maximum Gasteiger partial charge on any atom is 0.432 e. The van der Waals surface area contributed by atoms with Crippen molar-refractivity contribution in [3.05, 3.63) is 17.7 Å². The molecule has 0 unspecified atom stereocenters. The summed E-state index contributed by atoms with van der Waals surface area (Å²) in [5, 5.41) is 3.37. The number of H-pyrrole nitrogens is 1. The van der Waals surface area contributed by atoms with Crippen LogP contribution in [0.25, 0.3) is 0 Å². The van der Waals surface area contributed by atoms with Gasteiger partial charge < -0.3 is 15.2 Å². The fourth-order valence-corrected chi connectivity index (χ4v) is 3.51. The maximum atomic E-state index is 12.6. The van der Waals surface area contributed by atoms with Crippen molar-refractivity contribution in [1.82, 2.24) is 20.2 Å². The van der Waals surface area contributed by atoms with Crippen LogP contribution in [0.15, 0.2) is 6.20 Å². The average Bonchev–Trinajstić information content (AvgIpc) is 2.99. The molecule has 0 atom stereocenters. The first-order chi connectivity index (χ1) is 10.5. The first kappa shape index (κ1) is 18.5. The Kier molecular flexibility index (Phi) is 6.33. The number of imidazole rings is 1. The Morgan fingerprint density at radius 3 is 2.35 bits per heavy atom. The number of rotatable bonds is 3. The van der Waals surface area contributed by atoms with Gasteiger partial charge in [-0.25, -0.2) is 4.98 Å². The van der Waals surface area contributed by atoms with E-state index in [2.05, 4.69) is 20.2 Å². The van der Waals surface area contributed by atoms with Crippen LogP contribution in [0.2, 0.25) is 0 Å². The molecule has 2 saturated heterocycles. The molecule has 0 amide bonds. The molecule has 2 aliphatic heterocycles. The Morgan fingerprint density at radius 1 is 1.13 bits per heavy atom. The summed E-state index contributed by atoms with van der Waals surface area (Å²) in [6, 6.07) is 0. The summed E-state index contributed by atoms with van der Waals surface area (Å²) in [5.74, 6) is 1.38. The van der Waals surface area contributed by atoms with Gasteiger partial charge in [-0.05, 0) is 57.8 Å². The summed E-state index contributed by atoms with van der Waals surface area (Å²) in [6.07, 6.45) is 0.809. The van der Waals surface area contributed by atoms with Gasteiger partial charge in [-0.15, -0.1) is 12.4 Å². The summed E-state index contributed by atoms with van der Waals surface area (Å²) in [6.45, 7) is 5.25. The molecule has 0 radical (unpaired) electrons. The normalized spacial score (nSPS) is 22.0. The van der Waals surface area contributed by atoms with E-state index in [0.29, 0.717) is 5.82 Å². The molecule has 2 fully saturated rings. The highest BCUT2D eigenvalue weighted by atomic mass is 35.5. The third-order valence-electron chi connectivity index (χ3n) is 4.85. The molecule has 0 saturated carbocycles.